The van der Waals surface area contributed by atoms with Crippen LogP contribution in [0, 0.1) is 5.82 Å². The van der Waals surface area contributed by atoms with Gasteiger partial charge in [0.2, 0.25) is 0 Å². The zero-order chi connectivity index (χ0) is 22.6. The van der Waals surface area contributed by atoms with Crippen molar-refractivity contribution in [2.45, 2.75) is 31.2 Å². The van der Waals surface area contributed by atoms with Gasteiger partial charge in [-0.05, 0) is 57.2 Å². The largest absolute Gasteiger partial charge is 0.465 e. The number of rotatable bonds is 6. The molecule has 0 bridgehead atoms. The molecule has 0 atom stereocenters. The van der Waals surface area contributed by atoms with Crippen LogP contribution in [-0.4, -0.2) is 54.3 Å². The van der Waals surface area contributed by atoms with Gasteiger partial charge in [0.1, 0.15) is 5.82 Å². The summed E-state index contributed by atoms with van der Waals surface area (Å²) in [6.07, 6.45) is 0. The van der Waals surface area contributed by atoms with E-state index in [2.05, 4.69) is 18.7 Å². The van der Waals surface area contributed by atoms with Crippen molar-refractivity contribution in [1.82, 2.24) is 4.90 Å². The van der Waals surface area contributed by atoms with Crippen molar-refractivity contribution in [2.24, 2.45) is 0 Å². The second kappa shape index (κ2) is 9.92. The number of carbonyl (C=O) groups excluding carboxylic acids is 2. The van der Waals surface area contributed by atoms with Crippen LogP contribution >= 0.6 is 23.4 Å². The van der Waals surface area contributed by atoms with E-state index >= 15 is 0 Å². The van der Waals surface area contributed by atoms with Crippen LogP contribution in [0.4, 0.5) is 10.1 Å². The van der Waals surface area contributed by atoms with E-state index in [-0.39, 0.29) is 23.8 Å². The highest BCUT2D eigenvalue weighted by Crippen LogP contribution is 2.31. The molecule has 0 spiro atoms. The predicted molar refractivity (Wildman–Crippen MR) is 123 cm³/mol. The van der Waals surface area contributed by atoms with Crippen LogP contribution in [0.25, 0.3) is 0 Å². The van der Waals surface area contributed by atoms with Crippen LogP contribution < -0.4 is 4.90 Å². The van der Waals surface area contributed by atoms with E-state index in [1.165, 1.54) is 6.07 Å². The van der Waals surface area contributed by atoms with E-state index < -0.39 is 11.8 Å². The Morgan fingerprint density at radius 3 is 2.61 bits per heavy atom. The Morgan fingerprint density at radius 2 is 1.97 bits per heavy atom. The minimum Gasteiger partial charge on any atom is -0.465 e. The molecule has 1 fully saturated rings. The molecular formula is C23H26ClFN2O3S. The smallest absolute Gasteiger partial charge is 0.316 e. The maximum Gasteiger partial charge on any atom is 0.316 e. The Kier molecular flexibility index (Phi) is 7.49. The highest BCUT2D eigenvalue weighted by molar-refractivity contribution is 8.00. The number of esters is 1. The molecule has 2 aromatic carbocycles. The summed E-state index contributed by atoms with van der Waals surface area (Å²) in [5.74, 6) is -1.10. The number of amides is 1. The van der Waals surface area contributed by atoms with E-state index in [9.17, 15) is 14.0 Å². The molecule has 2 aromatic rings. The second-order valence-electron chi connectivity index (χ2n) is 7.91. The molecule has 0 unspecified atom stereocenters. The van der Waals surface area contributed by atoms with Crippen LogP contribution in [-0.2, 0) is 9.53 Å². The number of nitrogens with zero attached hydrogens (tertiary/aromatic N) is 2. The molecule has 1 heterocycles. The third-order valence-corrected chi connectivity index (χ3v) is 6.40. The van der Waals surface area contributed by atoms with Crippen LogP contribution in [0.2, 0.25) is 5.02 Å². The summed E-state index contributed by atoms with van der Waals surface area (Å²) in [6, 6.07) is 12.1. The monoisotopic (exact) mass is 464 g/mol. The maximum absolute atomic E-state index is 14.5. The number of benzene rings is 2. The summed E-state index contributed by atoms with van der Waals surface area (Å²) in [5.41, 5.74) is 0.996. The van der Waals surface area contributed by atoms with Gasteiger partial charge in [0.05, 0.1) is 17.9 Å². The summed E-state index contributed by atoms with van der Waals surface area (Å²) in [7, 11) is 0. The number of piperazine rings is 1. The summed E-state index contributed by atoms with van der Waals surface area (Å²) in [5, 5.41) is 0.670. The van der Waals surface area contributed by atoms with Gasteiger partial charge < -0.3 is 14.5 Å². The van der Waals surface area contributed by atoms with Gasteiger partial charge in [0.15, 0.2) is 0 Å². The van der Waals surface area contributed by atoms with Gasteiger partial charge in [0, 0.05) is 40.8 Å². The Labute approximate surface area is 191 Å². The molecule has 1 aliphatic rings. The number of anilines is 1. The fraction of sp³-hybridized carbons (Fsp3) is 0.391. The molecule has 0 radical (unpaired) electrons. The van der Waals surface area contributed by atoms with Crippen molar-refractivity contribution >= 4 is 40.9 Å². The first-order chi connectivity index (χ1) is 14.7. The number of ether oxygens (including phenoxy) is 1. The molecule has 166 valence electrons. The molecule has 0 aromatic heterocycles. The highest BCUT2D eigenvalue weighted by Gasteiger charge is 2.36. The molecule has 31 heavy (non-hydrogen) atoms. The molecule has 5 nitrogen and oxygen atoms in total. The van der Waals surface area contributed by atoms with Gasteiger partial charge in [-0.2, -0.15) is 0 Å². The number of hydrogen-bond donors (Lipinski definition) is 0. The first kappa shape index (κ1) is 23.4. The molecule has 1 amide bonds. The lowest BCUT2D eigenvalue weighted by Gasteiger charge is -2.48. The average Bonchev–Trinajstić information content (AvgIpc) is 2.71. The second-order valence-corrected chi connectivity index (χ2v) is 9.36. The average molecular weight is 465 g/mol. The lowest BCUT2D eigenvalue weighted by molar-refractivity contribution is -0.139. The van der Waals surface area contributed by atoms with Gasteiger partial charge in [-0.3, -0.25) is 9.59 Å². The fourth-order valence-electron chi connectivity index (χ4n) is 3.72. The number of carbonyl (C=O) groups is 2. The maximum atomic E-state index is 14.5. The summed E-state index contributed by atoms with van der Waals surface area (Å²) < 4.78 is 19.4. The van der Waals surface area contributed by atoms with Crippen LogP contribution in [0.5, 0.6) is 0 Å². The van der Waals surface area contributed by atoms with Crippen LogP contribution in [0.1, 0.15) is 31.1 Å². The minimum atomic E-state index is -0.517. The highest BCUT2D eigenvalue weighted by atomic mass is 35.5. The molecular weight excluding hydrogens is 439 g/mol. The van der Waals surface area contributed by atoms with Crippen LogP contribution in [0.15, 0.2) is 47.4 Å². The first-order valence-electron chi connectivity index (χ1n) is 10.1. The van der Waals surface area contributed by atoms with E-state index in [1.807, 2.05) is 24.3 Å². The summed E-state index contributed by atoms with van der Waals surface area (Å²) >= 11 is 7.20. The predicted octanol–water partition coefficient (Wildman–Crippen LogP) is 4.88. The minimum absolute atomic E-state index is 0.0255. The third kappa shape index (κ3) is 5.71. The lowest BCUT2D eigenvalue weighted by atomic mass is 9.97. The van der Waals surface area contributed by atoms with Crippen molar-refractivity contribution in [3.63, 3.8) is 0 Å². The van der Waals surface area contributed by atoms with Gasteiger partial charge in [-0.25, -0.2) is 4.39 Å². The van der Waals surface area contributed by atoms with Gasteiger partial charge in [-0.1, -0.05) is 17.7 Å². The SMILES string of the molecule is CCOC(=O)CSc1ccc(C(=O)N2CCN(c3cccc(Cl)c3)C(C)(C)C2)cc1F. The number of halogens is 2. The van der Waals surface area contributed by atoms with Crippen molar-refractivity contribution in [3.8, 4) is 0 Å². The zero-order valence-electron chi connectivity index (χ0n) is 17.9. The van der Waals surface area contributed by atoms with Crippen molar-refractivity contribution in [3.05, 3.63) is 58.9 Å². The molecule has 8 heteroatoms. The topological polar surface area (TPSA) is 49.9 Å². The quantitative estimate of drug-likeness (QED) is 0.450. The van der Waals surface area contributed by atoms with E-state index in [4.69, 9.17) is 16.3 Å². The van der Waals surface area contributed by atoms with Crippen molar-refractivity contribution in [1.29, 1.82) is 0 Å². The fourth-order valence-corrected chi connectivity index (χ4v) is 4.63. The van der Waals surface area contributed by atoms with Gasteiger partial charge >= 0.3 is 5.97 Å². The molecule has 0 N–H and O–H groups in total. The zero-order valence-corrected chi connectivity index (χ0v) is 19.4. The lowest BCUT2D eigenvalue weighted by Crippen LogP contribution is -2.60. The molecule has 3 rings (SSSR count). The van der Waals surface area contributed by atoms with E-state index in [0.29, 0.717) is 35.1 Å². The summed E-state index contributed by atoms with van der Waals surface area (Å²) in [6.45, 7) is 7.83. The molecule has 1 aliphatic heterocycles. The number of hydrogen-bond acceptors (Lipinski definition) is 5. The Balaban J connectivity index is 1.68. The van der Waals surface area contributed by atoms with Crippen molar-refractivity contribution < 1.29 is 18.7 Å². The van der Waals surface area contributed by atoms with Gasteiger partial charge in [-0.15, -0.1) is 11.8 Å². The first-order valence-corrected chi connectivity index (χ1v) is 11.5. The third-order valence-electron chi connectivity index (χ3n) is 5.14. The van der Waals surface area contributed by atoms with E-state index in [0.717, 1.165) is 17.4 Å². The Morgan fingerprint density at radius 1 is 1.19 bits per heavy atom. The molecule has 1 saturated heterocycles. The normalized spacial score (nSPS) is 15.6. The number of thioether (sulfide) groups is 1. The Hall–Kier alpha value is -2.25. The summed E-state index contributed by atoms with van der Waals surface area (Å²) in [4.78, 5) is 28.8. The van der Waals surface area contributed by atoms with Gasteiger partial charge in [0.25, 0.3) is 5.91 Å². The van der Waals surface area contributed by atoms with Crippen molar-refractivity contribution in [2.75, 3.05) is 36.9 Å². The standard InChI is InChI=1S/C23H26ClFN2O3S/c1-4-30-21(28)14-31-20-9-8-16(12-19(20)25)22(29)26-10-11-27(23(2,3)15-26)18-7-5-6-17(24)13-18/h5-9,12-13H,4,10-11,14-15H2,1-3H3. The molecule has 0 saturated carbocycles. The van der Waals surface area contributed by atoms with Crippen LogP contribution in [0.3, 0.4) is 0 Å². The van der Waals surface area contributed by atoms with E-state index in [1.54, 1.807) is 24.0 Å². The Bertz CT molecular complexity index is 970. The molecule has 0 aliphatic carbocycles.